The molecule has 1 N–H and O–H groups in total. The number of carbonyl (C=O) groups excluding carboxylic acids is 1. The summed E-state index contributed by atoms with van der Waals surface area (Å²) in [6, 6.07) is 7.56. The highest BCUT2D eigenvalue weighted by molar-refractivity contribution is 9.10. The molecular formula is C16H15BrN4O2S. The zero-order valence-electron chi connectivity index (χ0n) is 13.3. The van der Waals surface area contributed by atoms with Crippen molar-refractivity contribution in [2.75, 3.05) is 5.32 Å². The third-order valence-corrected chi connectivity index (χ3v) is 5.42. The van der Waals surface area contributed by atoms with Crippen LogP contribution in [0.25, 0.3) is 0 Å². The average Bonchev–Trinajstić information content (AvgIpc) is 3.05. The molecule has 0 aliphatic carbocycles. The van der Waals surface area contributed by atoms with Gasteiger partial charge < -0.3 is 14.3 Å². The lowest BCUT2D eigenvalue weighted by molar-refractivity contribution is 0.102. The molecule has 0 spiro atoms. The number of nitrogens with zero attached hydrogens (tertiary/aromatic N) is 3. The number of aromatic nitrogens is 3. The molecule has 124 valence electrons. The summed E-state index contributed by atoms with van der Waals surface area (Å²) in [5, 5.41) is 11.6. The van der Waals surface area contributed by atoms with Crippen molar-refractivity contribution in [3.8, 4) is 0 Å². The Morgan fingerprint density at radius 3 is 2.50 bits per heavy atom. The van der Waals surface area contributed by atoms with E-state index < -0.39 is 0 Å². The number of carbonyl (C=O) groups is 1. The van der Waals surface area contributed by atoms with E-state index in [9.17, 15) is 4.79 Å². The molecule has 8 heteroatoms. The maximum absolute atomic E-state index is 12.4. The molecule has 3 rings (SSSR count). The molecule has 3 aromatic rings. The summed E-state index contributed by atoms with van der Waals surface area (Å²) in [7, 11) is 1.89. The van der Waals surface area contributed by atoms with E-state index >= 15 is 0 Å². The van der Waals surface area contributed by atoms with Crippen molar-refractivity contribution in [1.82, 2.24) is 14.8 Å². The number of halogens is 1. The smallest absolute Gasteiger partial charge is 0.260 e. The Hall–Kier alpha value is -2.06. The number of anilines is 1. The Bertz CT molecular complexity index is 886. The monoisotopic (exact) mass is 406 g/mol. The highest BCUT2D eigenvalue weighted by Crippen LogP contribution is 2.29. The molecule has 0 atom stereocenters. The van der Waals surface area contributed by atoms with Gasteiger partial charge in [0.1, 0.15) is 17.8 Å². The van der Waals surface area contributed by atoms with Crippen molar-refractivity contribution < 1.29 is 9.21 Å². The minimum atomic E-state index is -0.204. The largest absolute Gasteiger partial charge is 0.465 e. The Morgan fingerprint density at radius 2 is 1.96 bits per heavy atom. The first kappa shape index (κ1) is 16.8. The van der Waals surface area contributed by atoms with Crippen LogP contribution in [-0.2, 0) is 7.05 Å². The molecule has 0 aliphatic rings. The van der Waals surface area contributed by atoms with Crippen LogP contribution in [-0.4, -0.2) is 20.7 Å². The van der Waals surface area contributed by atoms with Crippen molar-refractivity contribution >= 4 is 39.3 Å². The van der Waals surface area contributed by atoms with Crippen LogP contribution in [0.1, 0.15) is 21.9 Å². The van der Waals surface area contributed by atoms with E-state index in [1.54, 1.807) is 13.3 Å². The van der Waals surface area contributed by atoms with Gasteiger partial charge in [-0.25, -0.2) is 0 Å². The average molecular weight is 407 g/mol. The first-order valence-corrected chi connectivity index (χ1v) is 8.75. The van der Waals surface area contributed by atoms with Crippen LogP contribution >= 0.6 is 27.7 Å². The van der Waals surface area contributed by atoms with Gasteiger partial charge in [0.25, 0.3) is 5.91 Å². The summed E-state index contributed by atoms with van der Waals surface area (Å²) in [6.45, 7) is 3.58. The van der Waals surface area contributed by atoms with Crippen LogP contribution in [0.4, 0.5) is 5.69 Å². The maximum atomic E-state index is 12.4. The van der Waals surface area contributed by atoms with Gasteiger partial charge in [-0.2, -0.15) is 0 Å². The summed E-state index contributed by atoms with van der Waals surface area (Å²) in [5.41, 5.74) is 1.23. The normalized spacial score (nSPS) is 10.8. The fraction of sp³-hybridized carbons (Fsp3) is 0.188. The van der Waals surface area contributed by atoms with Gasteiger partial charge in [0, 0.05) is 17.6 Å². The van der Waals surface area contributed by atoms with Gasteiger partial charge in [0.05, 0.1) is 10.0 Å². The lowest BCUT2D eigenvalue weighted by Gasteiger charge is -2.06. The van der Waals surface area contributed by atoms with Crippen LogP contribution in [0, 0.1) is 13.8 Å². The molecule has 0 saturated carbocycles. The molecule has 0 bridgehead atoms. The quantitative estimate of drug-likeness (QED) is 0.702. The maximum Gasteiger partial charge on any atom is 0.260 e. The number of rotatable bonds is 4. The van der Waals surface area contributed by atoms with Crippen LogP contribution in [0.15, 0.2) is 49.5 Å². The van der Waals surface area contributed by atoms with Crippen LogP contribution in [0.2, 0.25) is 0 Å². The summed E-state index contributed by atoms with van der Waals surface area (Å²) in [4.78, 5) is 13.4. The number of benzene rings is 1. The van der Waals surface area contributed by atoms with E-state index in [1.165, 1.54) is 11.8 Å². The molecule has 1 aromatic carbocycles. The minimum absolute atomic E-state index is 0.204. The van der Waals surface area contributed by atoms with Crippen molar-refractivity contribution in [3.05, 3.63) is 52.1 Å². The topological polar surface area (TPSA) is 73.0 Å². The van der Waals surface area contributed by atoms with Crippen LogP contribution in [0.5, 0.6) is 0 Å². The first-order valence-electron chi connectivity index (χ1n) is 7.14. The number of nitrogens with one attached hydrogen (secondary N) is 1. The number of amides is 1. The fourth-order valence-electron chi connectivity index (χ4n) is 2.19. The van der Waals surface area contributed by atoms with Crippen molar-refractivity contribution in [3.63, 3.8) is 0 Å². The van der Waals surface area contributed by atoms with Crippen LogP contribution < -0.4 is 5.32 Å². The highest BCUT2D eigenvalue weighted by atomic mass is 79.9. The minimum Gasteiger partial charge on any atom is -0.465 e. The first-order chi connectivity index (χ1) is 11.5. The molecule has 0 unspecified atom stereocenters. The van der Waals surface area contributed by atoms with Gasteiger partial charge in [-0.05, 0) is 65.8 Å². The molecule has 24 heavy (non-hydrogen) atoms. The third-order valence-electron chi connectivity index (χ3n) is 3.41. The molecule has 2 aromatic heterocycles. The van der Waals surface area contributed by atoms with E-state index in [-0.39, 0.29) is 5.91 Å². The lowest BCUT2D eigenvalue weighted by atomic mass is 10.2. The highest BCUT2D eigenvalue weighted by Gasteiger charge is 2.19. The predicted molar refractivity (Wildman–Crippen MR) is 95.4 cm³/mol. The van der Waals surface area contributed by atoms with E-state index in [2.05, 4.69) is 31.4 Å². The van der Waals surface area contributed by atoms with Crippen molar-refractivity contribution in [2.45, 2.75) is 23.9 Å². The number of aryl methyl sites for hydroxylation is 3. The Morgan fingerprint density at radius 1 is 1.25 bits per heavy atom. The van der Waals surface area contributed by atoms with Gasteiger partial charge in [-0.3, -0.25) is 4.79 Å². The molecule has 0 aliphatic heterocycles. The zero-order chi connectivity index (χ0) is 17.3. The zero-order valence-corrected chi connectivity index (χ0v) is 15.7. The molecule has 0 radical (unpaired) electrons. The summed E-state index contributed by atoms with van der Waals surface area (Å²) >= 11 is 4.90. The Balaban J connectivity index is 1.72. The Labute approximate surface area is 151 Å². The predicted octanol–water partition coefficient (Wildman–Crippen LogP) is 4.19. The number of furan rings is 1. The second-order valence-corrected chi connectivity index (χ2v) is 7.04. The molecule has 1 amide bonds. The second kappa shape index (κ2) is 6.82. The van der Waals surface area contributed by atoms with Crippen LogP contribution in [0.3, 0.4) is 0 Å². The van der Waals surface area contributed by atoms with Gasteiger partial charge in [0.15, 0.2) is 5.16 Å². The molecule has 0 fully saturated rings. The summed E-state index contributed by atoms with van der Waals surface area (Å²) in [5.74, 6) is 1.07. The van der Waals surface area contributed by atoms with E-state index in [1.807, 2.05) is 42.8 Å². The van der Waals surface area contributed by atoms with E-state index in [0.717, 1.165) is 10.1 Å². The third kappa shape index (κ3) is 3.39. The molecule has 2 heterocycles. The Kier molecular flexibility index (Phi) is 4.77. The SMILES string of the molecule is Cc1oc(C)c(C(=O)Nc2ccc(Sc3nncn3C)cc2)c1Br. The van der Waals surface area contributed by atoms with Gasteiger partial charge in [-0.15, -0.1) is 10.2 Å². The van der Waals surface area contributed by atoms with Crippen molar-refractivity contribution in [2.24, 2.45) is 7.05 Å². The van der Waals surface area contributed by atoms with E-state index in [4.69, 9.17) is 4.42 Å². The van der Waals surface area contributed by atoms with Gasteiger partial charge in [0.2, 0.25) is 0 Å². The molecule has 0 saturated heterocycles. The molecule has 6 nitrogen and oxygen atoms in total. The number of hydrogen-bond donors (Lipinski definition) is 1. The number of hydrogen-bond acceptors (Lipinski definition) is 5. The van der Waals surface area contributed by atoms with E-state index in [0.29, 0.717) is 27.2 Å². The van der Waals surface area contributed by atoms with Gasteiger partial charge in [-0.1, -0.05) is 0 Å². The second-order valence-electron chi connectivity index (χ2n) is 5.21. The van der Waals surface area contributed by atoms with Gasteiger partial charge >= 0.3 is 0 Å². The lowest BCUT2D eigenvalue weighted by Crippen LogP contribution is -2.12. The standard InChI is InChI=1S/C16H15BrN4O2S/c1-9-13(14(17)10(2)23-9)15(22)19-11-4-6-12(7-5-11)24-16-20-18-8-21(16)3/h4-8H,1-3H3,(H,19,22). The summed E-state index contributed by atoms with van der Waals surface area (Å²) < 4.78 is 8.00. The fourth-order valence-corrected chi connectivity index (χ4v) is 3.49. The summed E-state index contributed by atoms with van der Waals surface area (Å²) in [6.07, 6.45) is 1.66. The molecular weight excluding hydrogens is 392 g/mol. The van der Waals surface area contributed by atoms with Crippen molar-refractivity contribution in [1.29, 1.82) is 0 Å².